The van der Waals surface area contributed by atoms with Crippen LogP contribution in [-0.2, 0) is 16.3 Å². The Morgan fingerprint density at radius 2 is 1.40 bits per heavy atom. The molecule has 0 heterocycles. The first kappa shape index (κ1) is 27.3. The SMILES string of the molecule is O=C(Nc1cc(S(=O)(=O)c2ccc(Cl)cc2)ccc1Cl)c1cc(Cc2cccc3ccccc23)c(O)c(O)c1O. The Hall–Kier alpha value is -4.24. The molecule has 0 unspecified atom stereocenters. The summed E-state index contributed by atoms with van der Waals surface area (Å²) >= 11 is 12.1. The van der Waals surface area contributed by atoms with Gasteiger partial charge < -0.3 is 20.6 Å². The van der Waals surface area contributed by atoms with Crippen molar-refractivity contribution >= 4 is 55.4 Å². The fraction of sp³-hybridized carbons (Fsp3) is 0.0333. The van der Waals surface area contributed by atoms with Gasteiger partial charge in [-0.1, -0.05) is 65.7 Å². The van der Waals surface area contributed by atoms with Crippen LogP contribution in [0.4, 0.5) is 5.69 Å². The summed E-state index contributed by atoms with van der Waals surface area (Å²) in [6.07, 6.45) is 0.150. The van der Waals surface area contributed by atoms with Gasteiger partial charge in [-0.05, 0) is 64.9 Å². The van der Waals surface area contributed by atoms with Crippen LogP contribution in [-0.4, -0.2) is 29.6 Å². The van der Waals surface area contributed by atoms with Crippen molar-refractivity contribution in [2.75, 3.05) is 5.32 Å². The third-order valence-electron chi connectivity index (χ3n) is 6.45. The van der Waals surface area contributed by atoms with Crippen LogP contribution < -0.4 is 5.32 Å². The van der Waals surface area contributed by atoms with Crippen LogP contribution >= 0.6 is 23.2 Å². The molecule has 7 nitrogen and oxygen atoms in total. The standard InChI is InChI=1S/C30H21Cl2NO6S/c31-20-8-10-21(11-9-20)40(38,39)22-12-13-25(32)26(16-22)33-30(37)24-15-19(27(34)29(36)28(24)35)14-18-6-3-5-17-4-1-2-7-23(17)18/h1-13,15-16,34-36H,14H2,(H,33,37). The number of halogens is 2. The summed E-state index contributed by atoms with van der Waals surface area (Å²) in [6, 6.07) is 24.0. The highest BCUT2D eigenvalue weighted by Gasteiger charge is 2.24. The zero-order valence-corrected chi connectivity index (χ0v) is 22.9. The molecule has 0 aliphatic rings. The van der Waals surface area contributed by atoms with Crippen molar-refractivity contribution in [1.82, 2.24) is 0 Å². The number of fused-ring (bicyclic) bond motifs is 1. The zero-order valence-electron chi connectivity index (χ0n) is 20.6. The topological polar surface area (TPSA) is 124 Å². The molecule has 0 aliphatic carbocycles. The first-order chi connectivity index (χ1) is 19.1. The fourth-order valence-corrected chi connectivity index (χ4v) is 5.95. The number of sulfone groups is 1. The summed E-state index contributed by atoms with van der Waals surface area (Å²) in [5.41, 5.74) is 0.645. The number of nitrogens with one attached hydrogen (secondary N) is 1. The van der Waals surface area contributed by atoms with Gasteiger partial charge in [0.1, 0.15) is 0 Å². The predicted molar refractivity (Wildman–Crippen MR) is 154 cm³/mol. The Labute approximate surface area is 239 Å². The maximum absolute atomic E-state index is 13.2. The van der Waals surface area contributed by atoms with Crippen LogP contribution in [0.2, 0.25) is 10.0 Å². The van der Waals surface area contributed by atoms with Crippen LogP contribution in [0.5, 0.6) is 17.2 Å². The van der Waals surface area contributed by atoms with E-state index in [2.05, 4.69) is 5.32 Å². The molecule has 0 radical (unpaired) electrons. The fourth-order valence-electron chi connectivity index (χ4n) is 4.37. The second-order valence-electron chi connectivity index (χ2n) is 9.00. The lowest BCUT2D eigenvalue weighted by atomic mass is 9.96. The van der Waals surface area contributed by atoms with E-state index in [9.17, 15) is 28.5 Å². The normalized spacial score (nSPS) is 11.4. The van der Waals surface area contributed by atoms with E-state index < -0.39 is 33.0 Å². The van der Waals surface area contributed by atoms with Crippen molar-refractivity contribution in [3.05, 3.63) is 118 Å². The number of carbonyl (C=O) groups is 1. The van der Waals surface area contributed by atoms with E-state index in [4.69, 9.17) is 23.2 Å². The molecular weight excluding hydrogens is 573 g/mol. The summed E-state index contributed by atoms with van der Waals surface area (Å²) in [4.78, 5) is 13.1. The van der Waals surface area contributed by atoms with Gasteiger partial charge in [-0.2, -0.15) is 0 Å². The van der Waals surface area contributed by atoms with Crippen molar-refractivity contribution in [3.8, 4) is 17.2 Å². The summed E-state index contributed by atoms with van der Waals surface area (Å²) in [7, 11) is -3.97. The van der Waals surface area contributed by atoms with E-state index in [1.807, 2.05) is 42.5 Å². The Morgan fingerprint density at radius 1 is 0.725 bits per heavy atom. The molecule has 5 aromatic carbocycles. The summed E-state index contributed by atoms with van der Waals surface area (Å²) in [5.74, 6) is -3.13. The van der Waals surface area contributed by atoms with Gasteiger partial charge in [0.15, 0.2) is 11.5 Å². The lowest BCUT2D eigenvalue weighted by Crippen LogP contribution is -2.14. The monoisotopic (exact) mass is 593 g/mol. The number of hydrogen-bond donors (Lipinski definition) is 4. The van der Waals surface area contributed by atoms with Crippen molar-refractivity contribution in [1.29, 1.82) is 0 Å². The largest absolute Gasteiger partial charge is 0.504 e. The lowest BCUT2D eigenvalue weighted by Gasteiger charge is -2.15. The number of amides is 1. The summed E-state index contributed by atoms with van der Waals surface area (Å²) < 4.78 is 26.2. The van der Waals surface area contributed by atoms with E-state index in [0.29, 0.717) is 5.02 Å². The minimum atomic E-state index is -3.97. The van der Waals surface area contributed by atoms with Gasteiger partial charge in [0.05, 0.1) is 26.1 Å². The second-order valence-corrected chi connectivity index (χ2v) is 11.8. The molecule has 0 spiro atoms. The lowest BCUT2D eigenvalue weighted by molar-refractivity contribution is 0.102. The number of phenolic OH excluding ortho intramolecular Hbond substituents is 3. The molecule has 0 saturated carbocycles. The Balaban J connectivity index is 1.49. The Bertz CT molecular complexity index is 1880. The van der Waals surface area contributed by atoms with E-state index in [1.54, 1.807) is 0 Å². The molecule has 202 valence electrons. The number of rotatable bonds is 6. The molecule has 5 rings (SSSR count). The van der Waals surface area contributed by atoms with Crippen LogP contribution in [0.3, 0.4) is 0 Å². The van der Waals surface area contributed by atoms with Gasteiger partial charge in [-0.25, -0.2) is 8.42 Å². The average Bonchev–Trinajstić information content (AvgIpc) is 2.94. The van der Waals surface area contributed by atoms with Crippen LogP contribution in [0.1, 0.15) is 21.5 Å². The number of carbonyl (C=O) groups excluding carboxylic acids is 1. The first-order valence-corrected chi connectivity index (χ1v) is 14.1. The van der Waals surface area contributed by atoms with Crippen molar-refractivity contribution in [3.63, 3.8) is 0 Å². The quantitative estimate of drug-likeness (QED) is 0.158. The van der Waals surface area contributed by atoms with Gasteiger partial charge in [-0.15, -0.1) is 0 Å². The molecule has 0 saturated heterocycles. The maximum Gasteiger partial charge on any atom is 0.259 e. The van der Waals surface area contributed by atoms with Crippen LogP contribution in [0.15, 0.2) is 101 Å². The smallest absolute Gasteiger partial charge is 0.259 e. The first-order valence-electron chi connectivity index (χ1n) is 11.9. The molecule has 5 aromatic rings. The number of anilines is 1. The van der Waals surface area contributed by atoms with Crippen LogP contribution in [0, 0.1) is 0 Å². The average molecular weight is 594 g/mol. The molecule has 0 aliphatic heterocycles. The summed E-state index contributed by atoms with van der Waals surface area (Å²) in [5, 5.41) is 36.3. The van der Waals surface area contributed by atoms with E-state index >= 15 is 0 Å². The Morgan fingerprint density at radius 3 is 2.15 bits per heavy atom. The minimum Gasteiger partial charge on any atom is -0.504 e. The molecular formula is C30H21Cl2NO6S. The van der Waals surface area contributed by atoms with Gasteiger partial charge in [0.25, 0.3) is 5.91 Å². The minimum absolute atomic E-state index is 0.00400. The van der Waals surface area contributed by atoms with Crippen molar-refractivity contribution in [2.24, 2.45) is 0 Å². The van der Waals surface area contributed by atoms with Gasteiger partial charge in [0, 0.05) is 17.0 Å². The highest BCUT2D eigenvalue weighted by Crippen LogP contribution is 2.42. The van der Waals surface area contributed by atoms with E-state index in [0.717, 1.165) is 16.3 Å². The van der Waals surface area contributed by atoms with Gasteiger partial charge >= 0.3 is 0 Å². The number of hydrogen-bond acceptors (Lipinski definition) is 6. The summed E-state index contributed by atoms with van der Waals surface area (Å²) in [6.45, 7) is 0. The Kier molecular flexibility index (Phi) is 7.33. The molecule has 0 fully saturated rings. The molecule has 10 heteroatoms. The molecule has 40 heavy (non-hydrogen) atoms. The predicted octanol–water partition coefficient (Wildman–Crippen LogP) is 6.94. The zero-order chi connectivity index (χ0) is 28.6. The second kappa shape index (κ2) is 10.7. The number of aromatic hydroxyl groups is 3. The third kappa shape index (κ3) is 5.16. The molecule has 0 atom stereocenters. The van der Waals surface area contributed by atoms with Crippen molar-refractivity contribution in [2.45, 2.75) is 16.2 Å². The highest BCUT2D eigenvalue weighted by atomic mass is 35.5. The maximum atomic E-state index is 13.2. The number of phenols is 3. The van der Waals surface area contributed by atoms with Gasteiger partial charge in [0.2, 0.25) is 15.6 Å². The number of benzene rings is 5. The molecule has 1 amide bonds. The third-order valence-corrected chi connectivity index (χ3v) is 8.80. The van der Waals surface area contributed by atoms with E-state index in [-0.39, 0.29) is 38.0 Å². The molecule has 0 aromatic heterocycles. The molecule has 4 N–H and O–H groups in total. The molecule has 0 bridgehead atoms. The van der Waals surface area contributed by atoms with Crippen molar-refractivity contribution < 1.29 is 28.5 Å². The van der Waals surface area contributed by atoms with Crippen LogP contribution in [0.25, 0.3) is 10.8 Å². The van der Waals surface area contributed by atoms with Gasteiger partial charge in [-0.3, -0.25) is 4.79 Å². The van der Waals surface area contributed by atoms with E-state index in [1.165, 1.54) is 48.5 Å². The highest BCUT2D eigenvalue weighted by molar-refractivity contribution is 7.91.